The van der Waals surface area contributed by atoms with Gasteiger partial charge in [-0.25, -0.2) is 0 Å². The second-order valence-corrected chi connectivity index (χ2v) is 11.0. The molecule has 2 saturated heterocycles. The van der Waals surface area contributed by atoms with Crippen molar-refractivity contribution in [3.63, 3.8) is 0 Å². The van der Waals surface area contributed by atoms with Crippen molar-refractivity contribution in [1.82, 2.24) is 15.1 Å². The molecule has 0 aromatic heterocycles. The summed E-state index contributed by atoms with van der Waals surface area (Å²) in [6, 6.07) is 7.13. The highest BCUT2D eigenvalue weighted by Gasteiger charge is 2.37. The summed E-state index contributed by atoms with van der Waals surface area (Å²) < 4.78 is 5.33. The highest BCUT2D eigenvalue weighted by atomic mass is 32.2. The minimum Gasteiger partial charge on any atom is -0.466 e. The zero-order chi connectivity index (χ0) is 25.8. The third-order valence-corrected chi connectivity index (χ3v) is 7.19. The quantitative estimate of drug-likeness (QED) is 0.338. The summed E-state index contributed by atoms with van der Waals surface area (Å²) in [7, 11) is 0. The fraction of sp³-hybridized carbons (Fsp3) is 0.480. The van der Waals surface area contributed by atoms with Crippen LogP contribution in [0.1, 0.15) is 51.7 Å². The van der Waals surface area contributed by atoms with Crippen LogP contribution in [0.2, 0.25) is 0 Å². The van der Waals surface area contributed by atoms with E-state index in [1.54, 1.807) is 13.0 Å². The van der Waals surface area contributed by atoms with Gasteiger partial charge < -0.3 is 15.0 Å². The normalized spacial score (nSPS) is 19.8. The number of thioether (sulfide) groups is 1. The molecule has 0 aliphatic carbocycles. The van der Waals surface area contributed by atoms with Gasteiger partial charge in [-0.2, -0.15) is 0 Å². The molecular weight excluding hydrogens is 486 g/mol. The molecule has 8 nitrogen and oxygen atoms in total. The fourth-order valence-corrected chi connectivity index (χ4v) is 5.18. The highest BCUT2D eigenvalue weighted by Crippen LogP contribution is 2.33. The van der Waals surface area contributed by atoms with E-state index >= 15 is 0 Å². The lowest BCUT2D eigenvalue weighted by molar-refractivity contribution is -0.151. The van der Waals surface area contributed by atoms with Crippen LogP contribution in [0.5, 0.6) is 0 Å². The Morgan fingerprint density at radius 2 is 1.91 bits per heavy atom. The molecule has 0 saturated carbocycles. The maximum Gasteiger partial charge on any atom is 0.308 e. The molecule has 0 radical (unpaired) electrons. The first-order chi connectivity index (χ1) is 16.5. The Labute approximate surface area is 215 Å². The van der Waals surface area contributed by atoms with E-state index in [1.807, 2.05) is 24.3 Å². The van der Waals surface area contributed by atoms with Gasteiger partial charge in [0.25, 0.3) is 5.91 Å². The summed E-state index contributed by atoms with van der Waals surface area (Å²) in [6.07, 6.45) is 1.59. The lowest BCUT2D eigenvalue weighted by Gasteiger charge is -2.34. The molecule has 2 fully saturated rings. The van der Waals surface area contributed by atoms with E-state index in [9.17, 15) is 19.2 Å². The molecule has 35 heavy (non-hydrogen) atoms. The zero-order valence-corrected chi connectivity index (χ0v) is 22.1. The van der Waals surface area contributed by atoms with Crippen LogP contribution < -0.4 is 5.32 Å². The molecule has 1 atom stereocenters. The summed E-state index contributed by atoms with van der Waals surface area (Å²) >= 11 is 6.60. The number of thiocarbonyl (C=S) groups is 1. The molecule has 0 bridgehead atoms. The summed E-state index contributed by atoms with van der Waals surface area (Å²) in [5.74, 6) is -1.48. The molecule has 2 aliphatic heterocycles. The number of nitrogens with one attached hydrogen (secondary N) is 1. The molecule has 188 valence electrons. The molecule has 3 rings (SSSR count). The van der Waals surface area contributed by atoms with Crippen LogP contribution >= 0.6 is 24.0 Å². The minimum atomic E-state index is -0.919. The third-order valence-electron chi connectivity index (χ3n) is 5.81. The molecular formula is C25H31N3O5S2. The molecule has 2 heterocycles. The minimum absolute atomic E-state index is 0.00734. The van der Waals surface area contributed by atoms with E-state index in [4.69, 9.17) is 17.0 Å². The van der Waals surface area contributed by atoms with E-state index in [2.05, 4.69) is 26.1 Å². The maximum atomic E-state index is 13.0. The first kappa shape index (κ1) is 26.9. The number of hydrogen-bond donors (Lipinski definition) is 1. The van der Waals surface area contributed by atoms with Crippen LogP contribution in [-0.2, 0) is 29.3 Å². The van der Waals surface area contributed by atoms with Crippen molar-refractivity contribution in [1.29, 1.82) is 0 Å². The highest BCUT2D eigenvalue weighted by molar-refractivity contribution is 8.26. The number of piperazine rings is 1. The van der Waals surface area contributed by atoms with Crippen molar-refractivity contribution >= 4 is 58.1 Å². The molecule has 1 unspecified atom stereocenters. The fourth-order valence-electron chi connectivity index (χ4n) is 3.87. The monoisotopic (exact) mass is 517 g/mol. The van der Waals surface area contributed by atoms with Gasteiger partial charge in [0.05, 0.1) is 17.9 Å². The smallest absolute Gasteiger partial charge is 0.308 e. The lowest BCUT2D eigenvalue weighted by atomic mass is 9.87. The standard InChI is InChI=1S/C25H31N3O5S2/c1-5-33-21(30)15-18-22(31)26-11-13-27(18)20(29)10-12-28-23(32)19(35-24(28)34)14-16-6-8-17(9-7-16)25(2,3)4/h6-9,14,18H,5,10-13,15H2,1-4H3,(H,26,31). The number of carbonyl (C=O) groups is 4. The number of esters is 1. The predicted octanol–water partition coefficient (Wildman–Crippen LogP) is 2.86. The largest absolute Gasteiger partial charge is 0.466 e. The summed E-state index contributed by atoms with van der Waals surface area (Å²) in [5.41, 5.74) is 2.14. The maximum absolute atomic E-state index is 13.0. The molecule has 2 aliphatic rings. The zero-order valence-electron chi connectivity index (χ0n) is 20.5. The van der Waals surface area contributed by atoms with Gasteiger partial charge in [0.2, 0.25) is 11.8 Å². The van der Waals surface area contributed by atoms with Crippen LogP contribution in [-0.4, -0.2) is 70.1 Å². The average Bonchev–Trinajstić information content (AvgIpc) is 3.05. The summed E-state index contributed by atoms with van der Waals surface area (Å²) in [4.78, 5) is 53.4. The van der Waals surface area contributed by atoms with Crippen LogP contribution in [0.4, 0.5) is 0 Å². The Hall–Kier alpha value is -2.72. The Balaban J connectivity index is 1.64. The van der Waals surface area contributed by atoms with E-state index < -0.39 is 12.0 Å². The van der Waals surface area contributed by atoms with E-state index in [1.165, 1.54) is 27.1 Å². The number of nitrogens with zero attached hydrogens (tertiary/aromatic N) is 2. The number of rotatable bonds is 7. The molecule has 0 spiro atoms. The van der Waals surface area contributed by atoms with Crippen LogP contribution in [0, 0.1) is 0 Å². The Bertz CT molecular complexity index is 1050. The van der Waals surface area contributed by atoms with Crippen molar-refractivity contribution < 1.29 is 23.9 Å². The second-order valence-electron chi connectivity index (χ2n) is 9.36. The molecule has 1 N–H and O–H groups in total. The van der Waals surface area contributed by atoms with Crippen LogP contribution in [0.25, 0.3) is 6.08 Å². The number of amides is 3. The summed E-state index contributed by atoms with van der Waals surface area (Å²) in [5, 5.41) is 2.68. The first-order valence-electron chi connectivity index (χ1n) is 11.6. The van der Waals surface area contributed by atoms with E-state index in [0.717, 1.165) is 5.56 Å². The van der Waals surface area contributed by atoms with Gasteiger partial charge in [-0.15, -0.1) is 0 Å². The molecule has 1 aromatic carbocycles. The van der Waals surface area contributed by atoms with Crippen molar-refractivity contribution in [2.75, 3.05) is 26.2 Å². The lowest BCUT2D eigenvalue weighted by Crippen LogP contribution is -2.58. The van der Waals surface area contributed by atoms with Crippen LogP contribution in [0.15, 0.2) is 29.2 Å². The first-order valence-corrected chi connectivity index (χ1v) is 12.8. The number of carbonyl (C=O) groups excluding carboxylic acids is 4. The predicted molar refractivity (Wildman–Crippen MR) is 139 cm³/mol. The van der Waals surface area contributed by atoms with Gasteiger partial charge in [-0.1, -0.05) is 69.0 Å². The molecule has 10 heteroatoms. The summed E-state index contributed by atoms with van der Waals surface area (Å²) in [6.45, 7) is 9.01. The van der Waals surface area contributed by atoms with Gasteiger partial charge in [-0.3, -0.25) is 24.1 Å². The van der Waals surface area contributed by atoms with Gasteiger partial charge in [0.15, 0.2) is 0 Å². The number of hydrogen-bond acceptors (Lipinski definition) is 7. The number of ether oxygens (including phenoxy) is 1. The van der Waals surface area contributed by atoms with Crippen molar-refractivity contribution in [3.8, 4) is 0 Å². The average molecular weight is 518 g/mol. The van der Waals surface area contributed by atoms with Crippen molar-refractivity contribution in [2.45, 2.75) is 52.0 Å². The van der Waals surface area contributed by atoms with Gasteiger partial charge in [0, 0.05) is 26.1 Å². The SMILES string of the molecule is CCOC(=O)CC1C(=O)NCCN1C(=O)CCN1C(=O)C(=Cc2ccc(C(C)(C)C)cc2)SC1=S. The van der Waals surface area contributed by atoms with Gasteiger partial charge >= 0.3 is 5.97 Å². The second kappa shape index (κ2) is 11.3. The Morgan fingerprint density at radius 1 is 1.23 bits per heavy atom. The topological polar surface area (TPSA) is 96.0 Å². The van der Waals surface area contributed by atoms with Crippen LogP contribution in [0.3, 0.4) is 0 Å². The van der Waals surface area contributed by atoms with Gasteiger partial charge in [0.1, 0.15) is 10.4 Å². The Kier molecular flexibility index (Phi) is 8.71. The third kappa shape index (κ3) is 6.70. The van der Waals surface area contributed by atoms with Crippen molar-refractivity contribution in [2.24, 2.45) is 0 Å². The van der Waals surface area contributed by atoms with Gasteiger partial charge in [-0.05, 0) is 29.5 Å². The molecule has 1 aromatic rings. The molecule has 3 amide bonds. The number of benzene rings is 1. The van der Waals surface area contributed by atoms with Crippen molar-refractivity contribution in [3.05, 3.63) is 40.3 Å². The van der Waals surface area contributed by atoms with E-state index in [0.29, 0.717) is 15.8 Å². The Morgan fingerprint density at radius 3 is 2.54 bits per heavy atom. The van der Waals surface area contributed by atoms with E-state index in [-0.39, 0.29) is 55.7 Å².